The summed E-state index contributed by atoms with van der Waals surface area (Å²) in [5.74, 6) is 1.01. The summed E-state index contributed by atoms with van der Waals surface area (Å²) in [6.07, 6.45) is 2.25. The van der Waals surface area contributed by atoms with E-state index in [4.69, 9.17) is 0 Å². The third-order valence-electron chi connectivity index (χ3n) is 4.63. The fourth-order valence-corrected chi connectivity index (χ4v) is 4.22. The van der Waals surface area contributed by atoms with Crippen molar-refractivity contribution >= 4 is 39.8 Å². The summed E-state index contributed by atoms with van der Waals surface area (Å²) in [6.45, 7) is 13.2. The zero-order valence-electron chi connectivity index (χ0n) is 15.8. The number of hydrogen-bond acceptors (Lipinski definition) is 4. The highest BCUT2D eigenvalue weighted by atomic mass is 127. The largest absolute Gasteiger partial charge is 0.356 e. The van der Waals surface area contributed by atoms with Crippen molar-refractivity contribution in [1.29, 1.82) is 0 Å². The van der Waals surface area contributed by atoms with E-state index in [2.05, 4.69) is 34.0 Å². The maximum absolute atomic E-state index is 12.1. The molecule has 0 aromatic carbocycles. The number of hydrogen-bond donors (Lipinski definition) is 1. The molecule has 0 aromatic rings. The second-order valence-corrected chi connectivity index (χ2v) is 9.45. The number of nitrogens with zero attached hydrogens (tertiary/aromatic N) is 3. The van der Waals surface area contributed by atoms with Gasteiger partial charge in [-0.2, -0.15) is 0 Å². The highest BCUT2D eigenvalue weighted by Crippen LogP contribution is 2.23. The molecule has 1 N–H and O–H groups in total. The molecule has 1 saturated heterocycles. The van der Waals surface area contributed by atoms with E-state index in [1.807, 2.05) is 0 Å². The van der Waals surface area contributed by atoms with Crippen molar-refractivity contribution in [2.45, 2.75) is 45.3 Å². The van der Waals surface area contributed by atoms with E-state index in [0.717, 1.165) is 45.0 Å². The third kappa shape index (κ3) is 6.67. The molecular weight excluding hydrogens is 439 g/mol. The number of halogens is 1. The predicted octanol–water partition coefficient (Wildman–Crippen LogP) is 1.81. The van der Waals surface area contributed by atoms with Crippen molar-refractivity contribution in [3.63, 3.8) is 0 Å². The van der Waals surface area contributed by atoms with Gasteiger partial charge in [0.2, 0.25) is 0 Å². The Hall–Kier alpha value is -0.0900. The average Bonchev–Trinajstić information content (AvgIpc) is 2.50. The Morgan fingerprint density at radius 1 is 1.25 bits per heavy atom. The maximum Gasteiger partial charge on any atom is 0.193 e. The van der Waals surface area contributed by atoms with Crippen molar-refractivity contribution in [1.82, 2.24) is 15.1 Å². The van der Waals surface area contributed by atoms with Crippen molar-refractivity contribution in [2.75, 3.05) is 52.1 Å². The average molecular weight is 474 g/mol. The molecule has 0 aliphatic carbocycles. The van der Waals surface area contributed by atoms with Crippen LogP contribution in [-0.4, -0.2) is 81.0 Å². The highest BCUT2D eigenvalue weighted by molar-refractivity contribution is 14.0. The van der Waals surface area contributed by atoms with Gasteiger partial charge in [-0.05, 0) is 46.3 Å². The van der Waals surface area contributed by atoms with E-state index < -0.39 is 14.6 Å². The maximum atomic E-state index is 12.1. The minimum Gasteiger partial charge on any atom is -0.356 e. The molecule has 6 nitrogen and oxygen atoms in total. The highest BCUT2D eigenvalue weighted by Gasteiger charge is 2.40. The molecule has 0 spiro atoms. The van der Waals surface area contributed by atoms with Crippen molar-refractivity contribution in [3.8, 4) is 0 Å². The van der Waals surface area contributed by atoms with Gasteiger partial charge in [0.1, 0.15) is 0 Å². The number of nitrogens with one attached hydrogen (secondary N) is 1. The molecule has 0 radical (unpaired) electrons. The van der Waals surface area contributed by atoms with E-state index >= 15 is 0 Å². The van der Waals surface area contributed by atoms with Gasteiger partial charge in [0.25, 0.3) is 0 Å². The first-order chi connectivity index (χ1) is 10.8. The van der Waals surface area contributed by atoms with Crippen LogP contribution in [0.25, 0.3) is 0 Å². The molecule has 0 bridgehead atoms. The van der Waals surface area contributed by atoms with Crippen LogP contribution < -0.4 is 5.32 Å². The monoisotopic (exact) mass is 474 g/mol. The van der Waals surface area contributed by atoms with Crippen LogP contribution in [0, 0.1) is 0 Å². The van der Waals surface area contributed by atoms with Gasteiger partial charge in [0.15, 0.2) is 15.8 Å². The van der Waals surface area contributed by atoms with Crippen LogP contribution in [0.4, 0.5) is 0 Å². The van der Waals surface area contributed by atoms with Crippen LogP contribution in [0.15, 0.2) is 4.99 Å². The van der Waals surface area contributed by atoms with E-state index in [1.165, 1.54) is 0 Å². The number of sulfone groups is 1. The van der Waals surface area contributed by atoms with Crippen LogP contribution in [-0.2, 0) is 9.84 Å². The molecule has 1 fully saturated rings. The van der Waals surface area contributed by atoms with Gasteiger partial charge in [-0.15, -0.1) is 24.0 Å². The Morgan fingerprint density at radius 2 is 1.88 bits per heavy atom. The van der Waals surface area contributed by atoms with Crippen LogP contribution in [0.2, 0.25) is 0 Å². The molecule has 0 unspecified atom stereocenters. The predicted molar refractivity (Wildman–Crippen MR) is 113 cm³/mol. The first-order valence-corrected chi connectivity index (χ1v) is 10.3. The van der Waals surface area contributed by atoms with Gasteiger partial charge >= 0.3 is 0 Å². The van der Waals surface area contributed by atoms with Gasteiger partial charge in [0.05, 0.1) is 10.5 Å². The molecule has 0 saturated carbocycles. The van der Waals surface area contributed by atoms with Crippen molar-refractivity contribution in [3.05, 3.63) is 0 Å². The van der Waals surface area contributed by atoms with Crippen LogP contribution >= 0.6 is 24.0 Å². The van der Waals surface area contributed by atoms with Gasteiger partial charge in [0, 0.05) is 26.7 Å². The lowest BCUT2D eigenvalue weighted by molar-refractivity contribution is 0.296. The van der Waals surface area contributed by atoms with E-state index in [-0.39, 0.29) is 29.7 Å². The lowest BCUT2D eigenvalue weighted by Gasteiger charge is -2.39. The first kappa shape index (κ1) is 23.9. The Balaban J connectivity index is 0.00000529. The molecule has 1 rings (SSSR count). The van der Waals surface area contributed by atoms with Crippen molar-refractivity contribution < 1.29 is 8.42 Å². The van der Waals surface area contributed by atoms with Gasteiger partial charge in [-0.25, -0.2) is 8.42 Å². The molecule has 8 heteroatoms. The fourth-order valence-electron chi connectivity index (χ4n) is 2.86. The van der Waals surface area contributed by atoms with Gasteiger partial charge in [-0.3, -0.25) is 4.99 Å². The number of rotatable bonds is 7. The normalized spacial score (nSPS) is 19.9. The Morgan fingerprint density at radius 3 is 2.38 bits per heavy atom. The summed E-state index contributed by atoms with van der Waals surface area (Å²) in [5.41, 5.74) is 0. The standard InChI is InChI=1S/C16H34N4O2S.HI/c1-6-19(7-2)11-9-8-10-18-15(17-5)20-12-13-23(21,22)16(3,4)14-20;/h6-14H2,1-5H3,(H,17,18);1H. The second kappa shape index (κ2) is 10.8. The second-order valence-electron chi connectivity index (χ2n) is 6.71. The zero-order valence-corrected chi connectivity index (χ0v) is 19.0. The van der Waals surface area contributed by atoms with E-state index in [1.54, 1.807) is 20.9 Å². The lowest BCUT2D eigenvalue weighted by atomic mass is 10.2. The molecule has 0 atom stereocenters. The third-order valence-corrected chi connectivity index (χ3v) is 7.17. The number of aliphatic imine (C=N–C) groups is 1. The molecule has 24 heavy (non-hydrogen) atoms. The summed E-state index contributed by atoms with van der Waals surface area (Å²) in [7, 11) is -1.25. The zero-order chi connectivity index (χ0) is 17.5. The molecule has 0 aromatic heterocycles. The molecule has 1 heterocycles. The molecule has 144 valence electrons. The fraction of sp³-hybridized carbons (Fsp3) is 0.938. The summed E-state index contributed by atoms with van der Waals surface area (Å²) < 4.78 is 23.5. The Labute approximate surface area is 165 Å². The summed E-state index contributed by atoms with van der Waals surface area (Å²) >= 11 is 0. The summed E-state index contributed by atoms with van der Waals surface area (Å²) in [4.78, 5) is 8.80. The molecule has 1 aliphatic heterocycles. The van der Waals surface area contributed by atoms with Gasteiger partial charge in [-0.1, -0.05) is 13.8 Å². The summed E-state index contributed by atoms with van der Waals surface area (Å²) in [6, 6.07) is 0. The number of unbranched alkanes of at least 4 members (excludes halogenated alkanes) is 1. The van der Waals surface area contributed by atoms with Crippen LogP contribution in [0.3, 0.4) is 0 Å². The SMILES string of the molecule is CCN(CC)CCCCNC(=NC)N1CCS(=O)(=O)C(C)(C)C1.I. The minimum atomic E-state index is -3.01. The van der Waals surface area contributed by atoms with E-state index in [9.17, 15) is 8.42 Å². The quantitative estimate of drug-likeness (QED) is 0.264. The summed E-state index contributed by atoms with van der Waals surface area (Å²) in [5, 5.41) is 3.38. The van der Waals surface area contributed by atoms with Crippen LogP contribution in [0.1, 0.15) is 40.5 Å². The smallest absolute Gasteiger partial charge is 0.193 e. The minimum absolute atomic E-state index is 0. The lowest BCUT2D eigenvalue weighted by Crippen LogP contribution is -2.57. The van der Waals surface area contributed by atoms with E-state index in [0.29, 0.717) is 13.1 Å². The Kier molecular flexibility index (Phi) is 10.8. The molecule has 1 aliphatic rings. The van der Waals surface area contributed by atoms with Crippen molar-refractivity contribution in [2.24, 2.45) is 4.99 Å². The first-order valence-electron chi connectivity index (χ1n) is 8.67. The number of guanidine groups is 1. The van der Waals surface area contributed by atoms with Crippen LogP contribution in [0.5, 0.6) is 0 Å². The topological polar surface area (TPSA) is 65.0 Å². The Bertz CT molecular complexity index is 490. The molecular formula is C16H35IN4O2S. The molecule has 0 amide bonds. The van der Waals surface area contributed by atoms with Gasteiger partial charge < -0.3 is 15.1 Å².